The van der Waals surface area contributed by atoms with Gasteiger partial charge >= 0.3 is 0 Å². The topological polar surface area (TPSA) is 44.5 Å². The van der Waals surface area contributed by atoms with Crippen molar-refractivity contribution < 1.29 is 9.47 Å². The minimum atomic E-state index is 0.415. The number of halogens is 1. The van der Waals surface area contributed by atoms with E-state index in [4.69, 9.17) is 26.8 Å². The van der Waals surface area contributed by atoms with E-state index < -0.39 is 0 Å². The minimum Gasteiger partial charge on any atom is -0.457 e. The summed E-state index contributed by atoms with van der Waals surface area (Å²) in [6.07, 6.45) is 0.891. The van der Waals surface area contributed by atoms with Crippen LogP contribution >= 0.6 is 11.6 Å². The summed E-state index contributed by atoms with van der Waals surface area (Å²) in [6.45, 7) is 1.13. The lowest BCUT2D eigenvalue weighted by Crippen LogP contribution is -1.99. The molecule has 0 aliphatic carbocycles. The van der Waals surface area contributed by atoms with Crippen LogP contribution in [-0.4, -0.2) is 13.7 Å². The molecule has 0 aliphatic rings. The Morgan fingerprint density at radius 3 is 2.50 bits per heavy atom. The van der Waals surface area contributed by atoms with Crippen molar-refractivity contribution in [1.29, 1.82) is 0 Å². The van der Waals surface area contributed by atoms with Crippen molar-refractivity contribution >= 4 is 11.6 Å². The number of ether oxygens (including phenoxy) is 2. The van der Waals surface area contributed by atoms with Gasteiger partial charge in [0.05, 0.1) is 6.61 Å². The van der Waals surface area contributed by atoms with Gasteiger partial charge in [-0.2, -0.15) is 0 Å². The molecule has 0 aliphatic heterocycles. The van der Waals surface area contributed by atoms with Gasteiger partial charge in [-0.25, -0.2) is 0 Å². The molecule has 0 atom stereocenters. The molecule has 106 valence electrons. The quantitative estimate of drug-likeness (QED) is 0.881. The van der Waals surface area contributed by atoms with E-state index in [0.29, 0.717) is 23.9 Å². The lowest BCUT2D eigenvalue weighted by Gasteiger charge is -2.11. The van der Waals surface area contributed by atoms with E-state index in [2.05, 4.69) is 0 Å². The van der Waals surface area contributed by atoms with Crippen LogP contribution in [0.3, 0.4) is 0 Å². The SMILES string of the molecule is COCCc1ccc(Oc2cc(Cl)ccc2CN)cc1. The maximum absolute atomic E-state index is 5.99. The third-order valence-corrected chi connectivity index (χ3v) is 3.23. The molecule has 2 rings (SSSR count). The van der Waals surface area contributed by atoms with Crippen LogP contribution in [0.4, 0.5) is 0 Å². The Labute approximate surface area is 124 Å². The molecule has 0 saturated carbocycles. The molecular weight excluding hydrogens is 274 g/mol. The van der Waals surface area contributed by atoms with E-state index in [1.54, 1.807) is 13.2 Å². The second kappa shape index (κ2) is 7.29. The zero-order valence-electron chi connectivity index (χ0n) is 11.4. The zero-order valence-corrected chi connectivity index (χ0v) is 12.2. The Hall–Kier alpha value is -1.55. The first kappa shape index (κ1) is 14.9. The third kappa shape index (κ3) is 3.97. The van der Waals surface area contributed by atoms with Gasteiger partial charge in [-0.1, -0.05) is 29.8 Å². The molecule has 2 aromatic rings. The van der Waals surface area contributed by atoms with E-state index >= 15 is 0 Å². The van der Waals surface area contributed by atoms with Crippen molar-refractivity contribution in [2.24, 2.45) is 5.73 Å². The highest BCUT2D eigenvalue weighted by Crippen LogP contribution is 2.28. The average molecular weight is 292 g/mol. The van der Waals surface area contributed by atoms with Crippen LogP contribution in [-0.2, 0) is 17.7 Å². The molecule has 2 N–H and O–H groups in total. The van der Waals surface area contributed by atoms with E-state index in [1.807, 2.05) is 36.4 Å². The van der Waals surface area contributed by atoms with Gasteiger partial charge in [0.25, 0.3) is 0 Å². The van der Waals surface area contributed by atoms with Crippen LogP contribution in [0.1, 0.15) is 11.1 Å². The van der Waals surface area contributed by atoms with Crippen LogP contribution in [0.15, 0.2) is 42.5 Å². The molecule has 0 radical (unpaired) electrons. The average Bonchev–Trinajstić information content (AvgIpc) is 2.47. The zero-order chi connectivity index (χ0) is 14.4. The number of hydrogen-bond donors (Lipinski definition) is 1. The lowest BCUT2D eigenvalue weighted by atomic mass is 10.1. The molecule has 0 unspecified atom stereocenters. The van der Waals surface area contributed by atoms with Gasteiger partial charge in [-0.15, -0.1) is 0 Å². The Morgan fingerprint density at radius 2 is 1.85 bits per heavy atom. The van der Waals surface area contributed by atoms with Crippen molar-refractivity contribution in [2.75, 3.05) is 13.7 Å². The first-order chi connectivity index (χ1) is 9.72. The van der Waals surface area contributed by atoms with Gasteiger partial charge in [0, 0.05) is 24.2 Å². The van der Waals surface area contributed by atoms with Gasteiger partial charge in [0.15, 0.2) is 0 Å². The van der Waals surface area contributed by atoms with Crippen molar-refractivity contribution in [3.8, 4) is 11.5 Å². The van der Waals surface area contributed by atoms with E-state index in [9.17, 15) is 0 Å². The number of hydrogen-bond acceptors (Lipinski definition) is 3. The van der Waals surface area contributed by atoms with E-state index in [-0.39, 0.29) is 0 Å². The number of methoxy groups -OCH3 is 1. The lowest BCUT2D eigenvalue weighted by molar-refractivity contribution is 0.202. The first-order valence-corrected chi connectivity index (χ1v) is 6.85. The molecule has 0 spiro atoms. The molecule has 0 saturated heterocycles. The highest BCUT2D eigenvalue weighted by Gasteiger charge is 2.05. The summed E-state index contributed by atoms with van der Waals surface area (Å²) in [6, 6.07) is 13.4. The number of benzene rings is 2. The van der Waals surface area contributed by atoms with Gasteiger partial charge < -0.3 is 15.2 Å². The standard InChI is InChI=1S/C16H18ClNO2/c1-19-9-8-12-2-6-15(7-3-12)20-16-10-14(17)5-4-13(16)11-18/h2-7,10H,8-9,11,18H2,1H3. The minimum absolute atomic E-state index is 0.415. The predicted octanol–water partition coefficient (Wildman–Crippen LogP) is 3.78. The molecule has 3 nitrogen and oxygen atoms in total. The van der Waals surface area contributed by atoms with Gasteiger partial charge in [-0.3, -0.25) is 0 Å². The summed E-state index contributed by atoms with van der Waals surface area (Å²) in [5.41, 5.74) is 7.84. The Morgan fingerprint density at radius 1 is 1.10 bits per heavy atom. The smallest absolute Gasteiger partial charge is 0.133 e. The molecule has 4 heteroatoms. The maximum Gasteiger partial charge on any atom is 0.133 e. The molecule has 2 aromatic carbocycles. The van der Waals surface area contributed by atoms with Crippen LogP contribution in [0.2, 0.25) is 5.02 Å². The fourth-order valence-electron chi connectivity index (χ4n) is 1.86. The highest BCUT2D eigenvalue weighted by atomic mass is 35.5. The van der Waals surface area contributed by atoms with Crippen molar-refractivity contribution in [3.05, 3.63) is 58.6 Å². The van der Waals surface area contributed by atoms with Crippen LogP contribution in [0.5, 0.6) is 11.5 Å². The summed E-state index contributed by atoms with van der Waals surface area (Å²) >= 11 is 5.99. The Bertz CT molecular complexity index is 555. The maximum atomic E-state index is 5.99. The second-order valence-corrected chi connectivity index (χ2v) is 4.88. The molecule has 0 amide bonds. The van der Waals surface area contributed by atoms with Crippen LogP contribution in [0.25, 0.3) is 0 Å². The first-order valence-electron chi connectivity index (χ1n) is 6.47. The largest absolute Gasteiger partial charge is 0.457 e. The van der Waals surface area contributed by atoms with E-state index in [1.165, 1.54) is 5.56 Å². The second-order valence-electron chi connectivity index (χ2n) is 4.44. The molecule has 0 fully saturated rings. The number of rotatable bonds is 6. The van der Waals surface area contributed by atoms with Gasteiger partial charge in [0.2, 0.25) is 0 Å². The molecule has 0 bridgehead atoms. The van der Waals surface area contributed by atoms with Crippen molar-refractivity contribution in [2.45, 2.75) is 13.0 Å². The normalized spacial score (nSPS) is 10.6. The molecule has 0 heterocycles. The van der Waals surface area contributed by atoms with Crippen LogP contribution in [0, 0.1) is 0 Å². The molecule has 20 heavy (non-hydrogen) atoms. The summed E-state index contributed by atoms with van der Waals surface area (Å²) in [5, 5.41) is 0.633. The number of nitrogens with two attached hydrogens (primary N) is 1. The molecular formula is C16H18ClNO2. The third-order valence-electron chi connectivity index (χ3n) is 3.00. The van der Waals surface area contributed by atoms with Crippen LogP contribution < -0.4 is 10.5 Å². The summed E-state index contributed by atoms with van der Waals surface area (Å²) in [4.78, 5) is 0. The Balaban J connectivity index is 2.11. The monoisotopic (exact) mass is 291 g/mol. The fraction of sp³-hybridized carbons (Fsp3) is 0.250. The summed E-state index contributed by atoms with van der Waals surface area (Å²) in [7, 11) is 1.70. The van der Waals surface area contributed by atoms with Gasteiger partial charge in [-0.05, 0) is 36.2 Å². The van der Waals surface area contributed by atoms with Gasteiger partial charge in [0.1, 0.15) is 11.5 Å². The van der Waals surface area contributed by atoms with E-state index in [0.717, 1.165) is 17.7 Å². The highest BCUT2D eigenvalue weighted by molar-refractivity contribution is 6.30. The van der Waals surface area contributed by atoms with Crippen molar-refractivity contribution in [3.63, 3.8) is 0 Å². The predicted molar refractivity (Wildman–Crippen MR) is 81.4 cm³/mol. The van der Waals surface area contributed by atoms with Crippen molar-refractivity contribution in [1.82, 2.24) is 0 Å². The fourth-order valence-corrected chi connectivity index (χ4v) is 2.03. The molecule has 0 aromatic heterocycles. The summed E-state index contributed by atoms with van der Waals surface area (Å²) in [5.74, 6) is 1.47. The summed E-state index contributed by atoms with van der Waals surface area (Å²) < 4.78 is 10.9. The Kier molecular flexibility index (Phi) is 5.41.